The number of carbonyl (C=O) groups excluding carboxylic acids is 1. The van der Waals surface area contributed by atoms with Gasteiger partial charge in [0.1, 0.15) is 6.04 Å². The number of nitrogens with two attached hydrogens (primary N) is 1. The van der Waals surface area contributed by atoms with Gasteiger partial charge in [-0.2, -0.15) is 13.2 Å². The van der Waals surface area contributed by atoms with Crippen LogP contribution in [0.5, 0.6) is 0 Å². The predicted molar refractivity (Wildman–Crippen MR) is 57.8 cm³/mol. The summed E-state index contributed by atoms with van der Waals surface area (Å²) in [4.78, 5) is 19.9. The van der Waals surface area contributed by atoms with Crippen LogP contribution >= 0.6 is 0 Å². The third-order valence-electron chi connectivity index (χ3n) is 2.06. The number of carbonyl (C=O) groups is 2. The average Bonchev–Trinajstić information content (AvgIpc) is 2.26. The largest absolute Gasteiger partial charge is 0.490 e. The molecule has 108 valence electrons. The minimum atomic E-state index is -5.08. The molecule has 0 aliphatic rings. The van der Waals surface area contributed by atoms with Gasteiger partial charge in [-0.1, -0.05) is 20.3 Å². The van der Waals surface area contributed by atoms with Crippen LogP contribution in [0.25, 0.3) is 0 Å². The van der Waals surface area contributed by atoms with Crippen LogP contribution in [-0.2, 0) is 14.3 Å². The molecule has 0 fully saturated rings. The maximum Gasteiger partial charge on any atom is 0.490 e. The third kappa shape index (κ3) is 8.80. The number of carboxylic acids is 1. The average molecular weight is 273 g/mol. The van der Waals surface area contributed by atoms with Crippen molar-refractivity contribution in [1.82, 2.24) is 0 Å². The summed E-state index contributed by atoms with van der Waals surface area (Å²) in [6.45, 7) is 6.13. The second kappa shape index (κ2) is 8.73. The van der Waals surface area contributed by atoms with Crippen LogP contribution in [0, 0.1) is 5.92 Å². The lowest BCUT2D eigenvalue weighted by Gasteiger charge is -2.15. The fraction of sp³-hybridized carbons (Fsp3) is 0.800. The van der Waals surface area contributed by atoms with E-state index in [-0.39, 0.29) is 11.9 Å². The Kier molecular flexibility index (Phi) is 9.24. The molecule has 0 saturated carbocycles. The molecule has 0 rings (SSSR count). The van der Waals surface area contributed by atoms with E-state index in [4.69, 9.17) is 20.4 Å². The minimum Gasteiger partial charge on any atom is -0.475 e. The summed E-state index contributed by atoms with van der Waals surface area (Å²) in [5.41, 5.74) is 5.58. The van der Waals surface area contributed by atoms with Crippen LogP contribution in [0.1, 0.15) is 27.2 Å². The van der Waals surface area contributed by atoms with E-state index in [1.807, 2.05) is 13.8 Å². The monoisotopic (exact) mass is 273 g/mol. The maximum atomic E-state index is 11.0. The van der Waals surface area contributed by atoms with Crippen LogP contribution in [0.3, 0.4) is 0 Å². The van der Waals surface area contributed by atoms with Crippen molar-refractivity contribution in [3.63, 3.8) is 0 Å². The van der Waals surface area contributed by atoms with Gasteiger partial charge in [-0.25, -0.2) is 4.79 Å². The van der Waals surface area contributed by atoms with Crippen LogP contribution in [-0.4, -0.2) is 35.9 Å². The number of ether oxygens (including phenoxy) is 1. The fourth-order valence-corrected chi connectivity index (χ4v) is 0.725. The molecule has 5 nitrogen and oxygen atoms in total. The molecule has 0 spiro atoms. The molecule has 0 aromatic carbocycles. The zero-order valence-corrected chi connectivity index (χ0v) is 10.5. The van der Waals surface area contributed by atoms with Crippen LogP contribution < -0.4 is 5.73 Å². The van der Waals surface area contributed by atoms with Gasteiger partial charge in [0.2, 0.25) is 0 Å². The van der Waals surface area contributed by atoms with Crippen LogP contribution in [0.15, 0.2) is 0 Å². The Labute approximate surface area is 103 Å². The van der Waals surface area contributed by atoms with Crippen molar-refractivity contribution in [2.24, 2.45) is 11.7 Å². The fourth-order valence-electron chi connectivity index (χ4n) is 0.725. The van der Waals surface area contributed by atoms with E-state index in [0.717, 1.165) is 6.42 Å². The molecule has 3 N–H and O–H groups in total. The molecule has 0 aliphatic heterocycles. The lowest BCUT2D eigenvalue weighted by molar-refractivity contribution is -0.192. The zero-order valence-electron chi connectivity index (χ0n) is 10.5. The predicted octanol–water partition coefficient (Wildman–Crippen LogP) is 1.56. The van der Waals surface area contributed by atoms with E-state index < -0.39 is 18.2 Å². The standard InChI is InChI=1S/C8H17NO2.C2HF3O2/c1-4-6(3)7(9)8(10)11-5-2;3-2(4,5)1(6)7/h6-7H,4-5,9H2,1-3H3;(H,6,7)/t6-,7-;/m0./s1. The van der Waals surface area contributed by atoms with E-state index in [9.17, 15) is 18.0 Å². The second-order valence-corrected chi connectivity index (χ2v) is 3.47. The van der Waals surface area contributed by atoms with E-state index in [2.05, 4.69) is 0 Å². The summed E-state index contributed by atoms with van der Waals surface area (Å²) < 4.78 is 36.5. The first kappa shape index (κ1) is 19.0. The van der Waals surface area contributed by atoms with E-state index in [1.54, 1.807) is 6.92 Å². The number of hydrogen-bond donors (Lipinski definition) is 2. The molecule has 0 saturated heterocycles. The van der Waals surface area contributed by atoms with Crippen molar-refractivity contribution in [3.8, 4) is 0 Å². The first-order valence-corrected chi connectivity index (χ1v) is 5.30. The summed E-state index contributed by atoms with van der Waals surface area (Å²) in [7, 11) is 0. The van der Waals surface area contributed by atoms with Crippen LogP contribution in [0.2, 0.25) is 0 Å². The highest BCUT2D eigenvalue weighted by Gasteiger charge is 2.38. The molecule has 0 aromatic rings. The third-order valence-corrected chi connectivity index (χ3v) is 2.06. The first-order chi connectivity index (χ1) is 8.07. The van der Waals surface area contributed by atoms with Gasteiger partial charge in [-0.3, -0.25) is 4.79 Å². The van der Waals surface area contributed by atoms with Crippen molar-refractivity contribution in [3.05, 3.63) is 0 Å². The molecule has 18 heavy (non-hydrogen) atoms. The molecule has 8 heteroatoms. The Morgan fingerprint density at radius 3 is 1.94 bits per heavy atom. The highest BCUT2D eigenvalue weighted by Crippen LogP contribution is 2.13. The molecule has 0 radical (unpaired) electrons. The minimum absolute atomic E-state index is 0.203. The summed E-state index contributed by atoms with van der Waals surface area (Å²) in [5.74, 6) is -2.84. The summed E-state index contributed by atoms with van der Waals surface area (Å²) in [6, 6.07) is -0.458. The maximum absolute atomic E-state index is 11.0. The van der Waals surface area contributed by atoms with Crippen molar-refractivity contribution >= 4 is 11.9 Å². The Morgan fingerprint density at radius 2 is 1.72 bits per heavy atom. The topological polar surface area (TPSA) is 89.6 Å². The van der Waals surface area contributed by atoms with E-state index in [0.29, 0.717) is 6.61 Å². The summed E-state index contributed by atoms with van der Waals surface area (Å²) >= 11 is 0. The molecular formula is C10H18F3NO4. The SMILES string of the molecule is CCOC(=O)[C@@H](N)[C@@H](C)CC.O=C(O)C(F)(F)F. The van der Waals surface area contributed by atoms with Gasteiger partial charge in [0.25, 0.3) is 0 Å². The molecule has 0 aliphatic carbocycles. The quantitative estimate of drug-likeness (QED) is 0.759. The Hall–Kier alpha value is -1.31. The second-order valence-electron chi connectivity index (χ2n) is 3.47. The number of carboxylic acid groups (broad SMARTS) is 1. The van der Waals surface area contributed by atoms with E-state index >= 15 is 0 Å². The Balaban J connectivity index is 0. The molecule has 0 unspecified atom stereocenters. The molecule has 0 heterocycles. The molecule has 0 aromatic heterocycles. The van der Waals surface area contributed by atoms with Gasteiger partial charge in [-0.15, -0.1) is 0 Å². The lowest BCUT2D eigenvalue weighted by Crippen LogP contribution is -2.37. The van der Waals surface area contributed by atoms with Gasteiger partial charge in [0, 0.05) is 0 Å². The van der Waals surface area contributed by atoms with Gasteiger partial charge in [0.05, 0.1) is 6.61 Å². The Morgan fingerprint density at radius 1 is 1.33 bits per heavy atom. The molecule has 2 atom stereocenters. The number of halogens is 3. The van der Waals surface area contributed by atoms with Gasteiger partial charge in [-0.05, 0) is 12.8 Å². The first-order valence-electron chi connectivity index (χ1n) is 5.30. The molecule has 0 amide bonds. The lowest BCUT2D eigenvalue weighted by atomic mass is 10.0. The number of alkyl halides is 3. The van der Waals surface area contributed by atoms with Gasteiger partial charge >= 0.3 is 18.1 Å². The van der Waals surface area contributed by atoms with Crippen LogP contribution in [0.4, 0.5) is 13.2 Å². The normalized spacial score (nSPS) is 13.9. The Bertz CT molecular complexity index is 268. The van der Waals surface area contributed by atoms with E-state index in [1.165, 1.54) is 0 Å². The highest BCUT2D eigenvalue weighted by atomic mass is 19.4. The summed E-state index contributed by atoms with van der Waals surface area (Å²) in [6.07, 6.45) is -4.18. The summed E-state index contributed by atoms with van der Waals surface area (Å²) in [5, 5.41) is 7.12. The molecular weight excluding hydrogens is 255 g/mol. The number of aliphatic carboxylic acids is 1. The number of hydrogen-bond acceptors (Lipinski definition) is 4. The zero-order chi connectivity index (χ0) is 14.9. The van der Waals surface area contributed by atoms with Gasteiger partial charge < -0.3 is 15.6 Å². The number of rotatable bonds is 4. The highest BCUT2D eigenvalue weighted by molar-refractivity contribution is 5.75. The van der Waals surface area contributed by atoms with Crippen molar-refractivity contribution in [2.45, 2.75) is 39.4 Å². The molecule has 0 bridgehead atoms. The smallest absolute Gasteiger partial charge is 0.475 e. The van der Waals surface area contributed by atoms with Crippen molar-refractivity contribution in [2.75, 3.05) is 6.61 Å². The number of esters is 1. The van der Waals surface area contributed by atoms with Gasteiger partial charge in [0.15, 0.2) is 0 Å². The van der Waals surface area contributed by atoms with Crippen molar-refractivity contribution in [1.29, 1.82) is 0 Å². The van der Waals surface area contributed by atoms with Crippen molar-refractivity contribution < 1.29 is 32.6 Å².